The quantitative estimate of drug-likeness (QED) is 0.394. The van der Waals surface area contributed by atoms with E-state index in [1.54, 1.807) is 31.2 Å². The first-order chi connectivity index (χ1) is 17.6. The molecule has 0 aromatic heterocycles. The Hall–Kier alpha value is -3.43. The molecule has 0 aliphatic heterocycles. The molecule has 1 atom stereocenters. The zero-order valence-corrected chi connectivity index (χ0v) is 22.2. The summed E-state index contributed by atoms with van der Waals surface area (Å²) in [6.45, 7) is 1.35. The normalized spacial score (nSPS) is 12.0. The van der Waals surface area contributed by atoms with Gasteiger partial charge in [0.2, 0.25) is 21.8 Å². The first kappa shape index (κ1) is 28.1. The molecule has 3 aromatic carbocycles. The number of hydrogen-bond acceptors (Lipinski definition) is 4. The van der Waals surface area contributed by atoms with Crippen molar-refractivity contribution in [3.63, 3.8) is 0 Å². The van der Waals surface area contributed by atoms with Gasteiger partial charge in [0.15, 0.2) is 0 Å². The van der Waals surface area contributed by atoms with E-state index in [1.165, 1.54) is 23.1 Å². The third kappa shape index (κ3) is 7.53. The highest BCUT2D eigenvalue weighted by Crippen LogP contribution is 2.24. The number of carbonyl (C=O) groups excluding carboxylic acids is 2. The van der Waals surface area contributed by atoms with Gasteiger partial charge in [0.1, 0.15) is 18.4 Å². The number of nitrogens with one attached hydrogen (secondary N) is 1. The van der Waals surface area contributed by atoms with E-state index >= 15 is 0 Å². The van der Waals surface area contributed by atoms with Crippen molar-refractivity contribution < 1.29 is 22.4 Å². The summed E-state index contributed by atoms with van der Waals surface area (Å²) in [5, 5.41) is 3.16. The van der Waals surface area contributed by atoms with Crippen molar-refractivity contribution >= 4 is 39.1 Å². The molecule has 1 N–H and O–H groups in total. The Morgan fingerprint density at radius 1 is 0.973 bits per heavy atom. The van der Waals surface area contributed by atoms with Crippen LogP contribution in [-0.4, -0.2) is 50.5 Å². The summed E-state index contributed by atoms with van der Waals surface area (Å²) in [5.74, 6) is -1.87. The molecular formula is C27H29ClFN3O4S. The summed E-state index contributed by atoms with van der Waals surface area (Å²) >= 11 is 6.38. The number of halogens is 2. The number of sulfonamides is 1. The minimum Gasteiger partial charge on any atom is -0.355 e. The zero-order chi connectivity index (χ0) is 27.0. The maximum absolute atomic E-state index is 14.6. The van der Waals surface area contributed by atoms with Crippen molar-refractivity contribution in [2.75, 3.05) is 23.7 Å². The minimum atomic E-state index is -4.05. The predicted octanol–water partition coefficient (Wildman–Crippen LogP) is 4.02. The van der Waals surface area contributed by atoms with Crippen LogP contribution < -0.4 is 9.62 Å². The lowest BCUT2D eigenvalue weighted by Gasteiger charge is -2.33. The molecule has 0 aliphatic rings. The van der Waals surface area contributed by atoms with Gasteiger partial charge < -0.3 is 10.2 Å². The average Bonchev–Trinajstić information content (AvgIpc) is 2.86. The zero-order valence-electron chi connectivity index (χ0n) is 20.6. The van der Waals surface area contributed by atoms with E-state index in [0.29, 0.717) is 21.4 Å². The highest BCUT2D eigenvalue weighted by atomic mass is 35.5. The third-order valence-corrected chi connectivity index (χ3v) is 7.22. The van der Waals surface area contributed by atoms with Crippen LogP contribution in [0.3, 0.4) is 0 Å². The number of likely N-dealkylation sites (N-methyl/N-ethyl adjacent to an activating group) is 1. The fourth-order valence-corrected chi connectivity index (χ4v) is 4.95. The second kappa shape index (κ2) is 12.7. The molecule has 37 heavy (non-hydrogen) atoms. The molecule has 10 heteroatoms. The molecule has 196 valence electrons. The van der Waals surface area contributed by atoms with Crippen molar-refractivity contribution in [1.29, 1.82) is 0 Å². The van der Waals surface area contributed by atoms with E-state index < -0.39 is 40.2 Å². The van der Waals surface area contributed by atoms with Crippen LogP contribution in [0.4, 0.5) is 10.1 Å². The molecule has 0 radical (unpaired) electrons. The first-order valence-electron chi connectivity index (χ1n) is 11.7. The highest BCUT2D eigenvalue weighted by molar-refractivity contribution is 7.92. The van der Waals surface area contributed by atoms with E-state index in [4.69, 9.17) is 11.6 Å². The summed E-state index contributed by atoms with van der Waals surface area (Å²) in [6, 6.07) is 20.4. The Kier molecular flexibility index (Phi) is 9.66. The largest absolute Gasteiger partial charge is 0.355 e. The van der Waals surface area contributed by atoms with E-state index in [-0.39, 0.29) is 18.7 Å². The van der Waals surface area contributed by atoms with Crippen LogP contribution in [0.1, 0.15) is 18.1 Å². The van der Waals surface area contributed by atoms with Crippen molar-refractivity contribution in [2.24, 2.45) is 0 Å². The molecule has 3 aromatic rings. The van der Waals surface area contributed by atoms with Gasteiger partial charge in [-0.2, -0.15) is 0 Å². The van der Waals surface area contributed by atoms with Gasteiger partial charge in [-0.3, -0.25) is 13.9 Å². The highest BCUT2D eigenvalue weighted by Gasteiger charge is 2.33. The third-order valence-electron chi connectivity index (χ3n) is 5.72. The summed E-state index contributed by atoms with van der Waals surface area (Å²) in [6.07, 6.45) is 1.08. The van der Waals surface area contributed by atoms with Crippen LogP contribution in [0.25, 0.3) is 0 Å². The molecule has 0 aliphatic carbocycles. The Labute approximate surface area is 221 Å². The van der Waals surface area contributed by atoms with E-state index in [2.05, 4.69) is 5.32 Å². The maximum atomic E-state index is 14.6. The van der Waals surface area contributed by atoms with Gasteiger partial charge in [0, 0.05) is 24.5 Å². The van der Waals surface area contributed by atoms with Crippen LogP contribution in [0.15, 0.2) is 78.9 Å². The molecule has 0 heterocycles. The predicted molar refractivity (Wildman–Crippen MR) is 143 cm³/mol. The molecule has 0 bridgehead atoms. The van der Waals surface area contributed by atoms with Crippen molar-refractivity contribution in [1.82, 2.24) is 10.2 Å². The number of para-hydroxylation sites is 1. The maximum Gasteiger partial charge on any atom is 0.244 e. The number of nitrogens with zero attached hydrogens (tertiary/aromatic N) is 2. The topological polar surface area (TPSA) is 86.8 Å². The van der Waals surface area contributed by atoms with Gasteiger partial charge in [-0.1, -0.05) is 72.3 Å². The number of carbonyl (C=O) groups is 2. The van der Waals surface area contributed by atoms with Gasteiger partial charge in [-0.15, -0.1) is 0 Å². The lowest BCUT2D eigenvalue weighted by molar-refractivity contribution is -0.140. The molecule has 0 saturated carbocycles. The van der Waals surface area contributed by atoms with Gasteiger partial charge in [0.25, 0.3) is 0 Å². The second-order valence-electron chi connectivity index (χ2n) is 8.43. The van der Waals surface area contributed by atoms with Gasteiger partial charge in [-0.05, 0) is 36.2 Å². The summed E-state index contributed by atoms with van der Waals surface area (Å²) in [4.78, 5) is 28.4. The van der Waals surface area contributed by atoms with Crippen LogP contribution in [0.2, 0.25) is 5.02 Å². The smallest absolute Gasteiger partial charge is 0.244 e. The Morgan fingerprint density at radius 2 is 1.59 bits per heavy atom. The first-order valence-corrected chi connectivity index (χ1v) is 13.9. The van der Waals surface area contributed by atoms with E-state index in [0.717, 1.165) is 17.9 Å². The van der Waals surface area contributed by atoms with Crippen LogP contribution in [0.5, 0.6) is 0 Å². The Balaban J connectivity index is 2.06. The molecule has 1 unspecified atom stereocenters. The van der Waals surface area contributed by atoms with Crippen molar-refractivity contribution in [2.45, 2.75) is 25.9 Å². The SMILES string of the molecule is CCNC(=O)C(Cc1ccccc1)N(Cc1ccccc1Cl)C(=O)CN(c1ccccc1F)S(C)(=O)=O. The molecule has 0 spiro atoms. The average molecular weight is 546 g/mol. The lowest BCUT2D eigenvalue weighted by Crippen LogP contribution is -2.53. The monoisotopic (exact) mass is 545 g/mol. The molecule has 0 saturated heterocycles. The fraction of sp³-hybridized carbons (Fsp3) is 0.259. The number of anilines is 1. The standard InChI is InChI=1S/C27H29ClFN3O4S/c1-3-30-27(34)25(17-20-11-5-4-6-12-20)31(18-21-13-7-8-14-22(21)28)26(33)19-32(37(2,35)36)24-16-10-9-15-23(24)29/h4-16,25H,3,17-19H2,1-2H3,(H,30,34). The molecule has 0 fully saturated rings. The number of amides is 2. The van der Waals surface area contributed by atoms with E-state index in [9.17, 15) is 22.4 Å². The van der Waals surface area contributed by atoms with Gasteiger partial charge in [0.05, 0.1) is 11.9 Å². The van der Waals surface area contributed by atoms with Gasteiger partial charge >= 0.3 is 0 Å². The van der Waals surface area contributed by atoms with Crippen molar-refractivity contribution in [3.8, 4) is 0 Å². The molecular weight excluding hydrogens is 517 g/mol. The van der Waals surface area contributed by atoms with Gasteiger partial charge in [-0.25, -0.2) is 12.8 Å². The fourth-order valence-electron chi connectivity index (χ4n) is 3.90. The molecule has 2 amide bonds. The summed E-state index contributed by atoms with van der Waals surface area (Å²) in [7, 11) is -4.05. The number of rotatable bonds is 11. The Morgan fingerprint density at radius 3 is 2.22 bits per heavy atom. The number of hydrogen-bond donors (Lipinski definition) is 1. The summed E-state index contributed by atoms with van der Waals surface area (Å²) in [5.41, 5.74) is 1.13. The number of benzene rings is 3. The van der Waals surface area contributed by atoms with Crippen LogP contribution in [0, 0.1) is 5.82 Å². The lowest BCUT2D eigenvalue weighted by atomic mass is 10.0. The molecule has 3 rings (SSSR count). The second-order valence-corrected chi connectivity index (χ2v) is 10.7. The Bertz CT molecular complexity index is 1340. The minimum absolute atomic E-state index is 0.0536. The molecule has 7 nitrogen and oxygen atoms in total. The van der Waals surface area contributed by atoms with Crippen molar-refractivity contribution in [3.05, 3.63) is 101 Å². The summed E-state index contributed by atoms with van der Waals surface area (Å²) < 4.78 is 40.6. The van der Waals surface area contributed by atoms with Crippen LogP contribution in [-0.2, 0) is 32.6 Å². The van der Waals surface area contributed by atoms with Crippen LogP contribution >= 0.6 is 11.6 Å². The van der Waals surface area contributed by atoms with E-state index in [1.807, 2.05) is 30.3 Å².